The van der Waals surface area contributed by atoms with Crippen molar-refractivity contribution in [3.8, 4) is 6.07 Å². The minimum atomic E-state index is -0.411. The number of fused-ring (bicyclic) bond motifs is 1. The predicted octanol–water partition coefficient (Wildman–Crippen LogP) is 4.23. The Labute approximate surface area is 172 Å². The Balaban J connectivity index is 1.76. The highest BCUT2D eigenvalue weighted by Gasteiger charge is 2.27. The number of halogens is 1. The molecule has 0 radical (unpaired) electrons. The van der Waals surface area contributed by atoms with Gasteiger partial charge in [0, 0.05) is 17.5 Å². The lowest BCUT2D eigenvalue weighted by atomic mass is 10.0. The molecule has 150 valence electrons. The van der Waals surface area contributed by atoms with Crippen molar-refractivity contribution in [3.05, 3.63) is 57.2 Å². The Morgan fingerprint density at radius 1 is 1.45 bits per heavy atom. The number of thiophene rings is 1. The molecule has 1 aromatic carbocycles. The maximum absolute atomic E-state index is 13.6. The van der Waals surface area contributed by atoms with Crippen LogP contribution in [0.3, 0.4) is 0 Å². The van der Waals surface area contributed by atoms with Crippen molar-refractivity contribution < 1.29 is 18.7 Å². The van der Waals surface area contributed by atoms with Crippen molar-refractivity contribution in [1.82, 2.24) is 4.90 Å². The topological polar surface area (TPSA) is 82.4 Å². The van der Waals surface area contributed by atoms with Gasteiger partial charge in [-0.25, -0.2) is 9.18 Å². The van der Waals surface area contributed by atoms with Crippen LogP contribution in [0.1, 0.15) is 34.1 Å². The van der Waals surface area contributed by atoms with E-state index in [4.69, 9.17) is 4.74 Å². The van der Waals surface area contributed by atoms with E-state index in [1.54, 1.807) is 30.9 Å². The molecule has 2 amide bonds. The first kappa shape index (κ1) is 20.6. The van der Waals surface area contributed by atoms with Gasteiger partial charge in [0.15, 0.2) is 0 Å². The molecule has 0 atom stereocenters. The maximum atomic E-state index is 13.6. The molecular weight excluding hydrogens is 393 g/mol. The molecule has 2 aromatic rings. The number of benzene rings is 1. The summed E-state index contributed by atoms with van der Waals surface area (Å²) in [5.74, 6) is -0.748. The molecule has 1 N–H and O–H groups in total. The molecule has 2 heterocycles. The van der Waals surface area contributed by atoms with E-state index in [-0.39, 0.29) is 11.9 Å². The molecule has 0 saturated carbocycles. The van der Waals surface area contributed by atoms with Crippen LogP contribution >= 0.6 is 11.3 Å². The van der Waals surface area contributed by atoms with Crippen molar-refractivity contribution in [2.75, 3.05) is 18.5 Å². The van der Waals surface area contributed by atoms with E-state index in [9.17, 15) is 19.2 Å². The van der Waals surface area contributed by atoms with Gasteiger partial charge in [-0.2, -0.15) is 5.26 Å². The first-order valence-electron chi connectivity index (χ1n) is 9.15. The SMILES string of the molecule is CCOC(=O)N1CCc2c(sc(NC(=O)/C=C/c3cccc(F)c3C)c2C#N)C1. The van der Waals surface area contributed by atoms with Crippen LogP contribution in [0.25, 0.3) is 6.08 Å². The normalized spacial score (nSPS) is 13.1. The zero-order valence-corrected chi connectivity index (χ0v) is 16.9. The molecule has 0 bridgehead atoms. The summed E-state index contributed by atoms with van der Waals surface area (Å²) in [6.07, 6.45) is 2.99. The molecule has 1 aliphatic heterocycles. The molecule has 6 nitrogen and oxygen atoms in total. The van der Waals surface area contributed by atoms with Gasteiger partial charge in [0.05, 0.1) is 18.7 Å². The molecule has 8 heteroatoms. The molecule has 1 aliphatic rings. The lowest BCUT2D eigenvalue weighted by molar-refractivity contribution is -0.111. The Morgan fingerprint density at radius 2 is 2.24 bits per heavy atom. The van der Waals surface area contributed by atoms with Crippen LogP contribution in [0.15, 0.2) is 24.3 Å². The number of carbonyl (C=O) groups excluding carboxylic acids is 2. The van der Waals surface area contributed by atoms with Crippen LogP contribution < -0.4 is 5.32 Å². The summed E-state index contributed by atoms with van der Waals surface area (Å²) >= 11 is 1.28. The van der Waals surface area contributed by atoms with E-state index in [2.05, 4.69) is 11.4 Å². The van der Waals surface area contributed by atoms with Crippen molar-refractivity contribution in [3.63, 3.8) is 0 Å². The number of nitrogens with zero attached hydrogens (tertiary/aromatic N) is 2. The van der Waals surface area contributed by atoms with E-state index in [0.29, 0.717) is 47.8 Å². The minimum absolute atomic E-state index is 0.300. The number of hydrogen-bond donors (Lipinski definition) is 1. The van der Waals surface area contributed by atoms with Gasteiger partial charge in [-0.1, -0.05) is 12.1 Å². The smallest absolute Gasteiger partial charge is 0.410 e. The van der Waals surface area contributed by atoms with Crippen molar-refractivity contribution in [2.45, 2.75) is 26.8 Å². The molecule has 0 unspecified atom stereocenters. The third-order valence-electron chi connectivity index (χ3n) is 4.66. The second-order valence-electron chi connectivity index (χ2n) is 6.47. The average Bonchev–Trinajstić information content (AvgIpc) is 3.05. The zero-order valence-electron chi connectivity index (χ0n) is 16.1. The summed E-state index contributed by atoms with van der Waals surface area (Å²) in [6.45, 7) is 4.50. The maximum Gasteiger partial charge on any atom is 0.410 e. The van der Waals surface area contributed by atoms with Gasteiger partial charge in [-0.3, -0.25) is 4.79 Å². The van der Waals surface area contributed by atoms with Gasteiger partial charge in [-0.05, 0) is 49.1 Å². The zero-order chi connectivity index (χ0) is 21.0. The lowest BCUT2D eigenvalue weighted by Gasteiger charge is -2.25. The number of nitriles is 1. The fourth-order valence-corrected chi connectivity index (χ4v) is 4.32. The van der Waals surface area contributed by atoms with E-state index in [1.807, 2.05) is 0 Å². The van der Waals surface area contributed by atoms with Gasteiger partial charge in [0.2, 0.25) is 5.91 Å². The first-order chi connectivity index (χ1) is 13.9. The molecule has 0 spiro atoms. The minimum Gasteiger partial charge on any atom is -0.450 e. The predicted molar refractivity (Wildman–Crippen MR) is 109 cm³/mol. The highest BCUT2D eigenvalue weighted by atomic mass is 32.1. The van der Waals surface area contributed by atoms with Crippen LogP contribution in [0.5, 0.6) is 0 Å². The van der Waals surface area contributed by atoms with Crippen molar-refractivity contribution in [1.29, 1.82) is 5.26 Å². The fraction of sp³-hybridized carbons (Fsp3) is 0.286. The van der Waals surface area contributed by atoms with E-state index < -0.39 is 5.91 Å². The molecule has 0 fully saturated rings. The Hall–Kier alpha value is -3.18. The van der Waals surface area contributed by atoms with Crippen LogP contribution in [-0.4, -0.2) is 30.1 Å². The number of hydrogen-bond acceptors (Lipinski definition) is 5. The number of amides is 2. The van der Waals surface area contributed by atoms with E-state index >= 15 is 0 Å². The lowest BCUT2D eigenvalue weighted by Crippen LogP contribution is -2.35. The molecule has 3 rings (SSSR count). The third kappa shape index (κ3) is 4.46. The number of carbonyl (C=O) groups is 2. The van der Waals surface area contributed by atoms with Crippen molar-refractivity contribution >= 4 is 34.4 Å². The van der Waals surface area contributed by atoms with E-state index in [1.165, 1.54) is 29.6 Å². The van der Waals surface area contributed by atoms with E-state index in [0.717, 1.165) is 10.4 Å². The van der Waals surface area contributed by atoms with Crippen LogP contribution in [0, 0.1) is 24.1 Å². The molecule has 0 saturated heterocycles. The van der Waals surface area contributed by atoms with Gasteiger partial charge < -0.3 is 15.0 Å². The summed E-state index contributed by atoms with van der Waals surface area (Å²) < 4.78 is 18.6. The molecular formula is C21H20FN3O3S. The number of rotatable bonds is 4. The number of ether oxygens (including phenoxy) is 1. The third-order valence-corrected chi connectivity index (χ3v) is 5.79. The second-order valence-corrected chi connectivity index (χ2v) is 7.57. The highest BCUT2D eigenvalue weighted by Crippen LogP contribution is 2.36. The highest BCUT2D eigenvalue weighted by molar-refractivity contribution is 7.16. The summed E-state index contributed by atoms with van der Waals surface area (Å²) in [5, 5.41) is 12.7. The monoisotopic (exact) mass is 413 g/mol. The van der Waals surface area contributed by atoms with Crippen LogP contribution in [0.4, 0.5) is 14.2 Å². The number of nitrogens with one attached hydrogen (secondary N) is 1. The Bertz CT molecular complexity index is 1020. The van der Waals surface area contributed by atoms with Crippen molar-refractivity contribution in [2.24, 2.45) is 0 Å². The fourth-order valence-electron chi connectivity index (χ4n) is 3.10. The average molecular weight is 413 g/mol. The molecule has 29 heavy (non-hydrogen) atoms. The standard InChI is InChI=1S/C21H20FN3O3S/c1-3-28-21(27)25-10-9-15-16(11-23)20(29-18(15)12-25)24-19(26)8-7-14-5-4-6-17(22)13(14)2/h4-8H,3,9-10,12H2,1-2H3,(H,24,26)/b8-7+. The van der Waals surface area contributed by atoms with Gasteiger partial charge in [-0.15, -0.1) is 11.3 Å². The van der Waals surface area contributed by atoms with Gasteiger partial charge in [0.25, 0.3) is 0 Å². The second kappa shape index (κ2) is 8.88. The van der Waals surface area contributed by atoms with Crippen LogP contribution in [0.2, 0.25) is 0 Å². The van der Waals surface area contributed by atoms with Gasteiger partial charge in [0.1, 0.15) is 16.9 Å². The molecule has 1 aromatic heterocycles. The Morgan fingerprint density at radius 3 is 2.97 bits per heavy atom. The summed E-state index contributed by atoms with van der Waals surface area (Å²) in [5.41, 5.74) is 2.35. The van der Waals surface area contributed by atoms with Crippen LogP contribution in [-0.2, 0) is 22.5 Å². The summed E-state index contributed by atoms with van der Waals surface area (Å²) in [6, 6.07) is 6.82. The molecule has 0 aliphatic carbocycles. The number of anilines is 1. The summed E-state index contributed by atoms with van der Waals surface area (Å²) in [4.78, 5) is 26.7. The largest absolute Gasteiger partial charge is 0.450 e. The Kier molecular flexibility index (Phi) is 6.29. The summed E-state index contributed by atoms with van der Waals surface area (Å²) in [7, 11) is 0. The quantitative estimate of drug-likeness (QED) is 0.761. The first-order valence-corrected chi connectivity index (χ1v) is 9.96. The van der Waals surface area contributed by atoms with Gasteiger partial charge >= 0.3 is 6.09 Å².